The summed E-state index contributed by atoms with van der Waals surface area (Å²) in [4.78, 5) is 3.98. The number of hydrogen-bond donors (Lipinski definition) is 0. The highest BCUT2D eigenvalue weighted by molar-refractivity contribution is 7.09. The van der Waals surface area contributed by atoms with Crippen molar-refractivity contribution in [2.45, 2.75) is 51.2 Å². The third-order valence-electron chi connectivity index (χ3n) is 5.38. The Hall–Kier alpha value is -1.17. The summed E-state index contributed by atoms with van der Waals surface area (Å²) in [5.74, 6) is 1.22. The first kappa shape index (κ1) is 16.3. The summed E-state index contributed by atoms with van der Waals surface area (Å²) >= 11 is 1.85. The Kier molecular flexibility index (Phi) is 5.01. The Morgan fingerprint density at radius 2 is 2.21 bits per heavy atom. The molecule has 0 amide bonds. The molecule has 1 fully saturated rings. The largest absolute Gasteiger partial charge is 0.384 e. The van der Waals surface area contributed by atoms with Gasteiger partial charge in [0.1, 0.15) is 0 Å². The van der Waals surface area contributed by atoms with E-state index in [4.69, 9.17) is 9.84 Å². The molecule has 2 aromatic heterocycles. The van der Waals surface area contributed by atoms with Crippen molar-refractivity contribution in [3.63, 3.8) is 0 Å². The summed E-state index contributed by atoms with van der Waals surface area (Å²) in [6.45, 7) is 4.94. The molecule has 0 aromatic carbocycles. The second kappa shape index (κ2) is 7.38. The number of fused-ring (bicyclic) bond motifs is 1. The molecule has 0 radical (unpaired) electrons. The summed E-state index contributed by atoms with van der Waals surface area (Å²) in [5, 5.41) is 7.12. The quantitative estimate of drug-likeness (QED) is 0.796. The van der Waals surface area contributed by atoms with E-state index in [2.05, 4.69) is 33.3 Å². The van der Waals surface area contributed by atoms with Crippen LogP contribution in [-0.4, -0.2) is 34.9 Å². The van der Waals surface area contributed by atoms with Crippen molar-refractivity contribution in [2.75, 3.05) is 20.3 Å². The van der Waals surface area contributed by atoms with Crippen LogP contribution in [0.25, 0.3) is 0 Å². The van der Waals surface area contributed by atoms with Gasteiger partial charge in [0.15, 0.2) is 0 Å². The van der Waals surface area contributed by atoms with Crippen molar-refractivity contribution >= 4 is 11.3 Å². The normalized spacial score (nSPS) is 22.1. The van der Waals surface area contributed by atoms with Crippen LogP contribution in [0, 0.1) is 5.92 Å². The fourth-order valence-corrected chi connectivity index (χ4v) is 5.02. The van der Waals surface area contributed by atoms with Crippen LogP contribution in [0.1, 0.15) is 47.7 Å². The van der Waals surface area contributed by atoms with Gasteiger partial charge < -0.3 is 4.74 Å². The summed E-state index contributed by atoms with van der Waals surface area (Å²) < 4.78 is 7.71. The fraction of sp³-hybridized carbons (Fsp3) is 0.632. The molecule has 0 N–H and O–H groups in total. The van der Waals surface area contributed by atoms with Gasteiger partial charge in [-0.25, -0.2) is 0 Å². The van der Waals surface area contributed by atoms with Gasteiger partial charge in [-0.3, -0.25) is 9.58 Å². The molecule has 0 spiro atoms. The Balaban J connectivity index is 1.50. The van der Waals surface area contributed by atoms with Crippen molar-refractivity contribution in [1.29, 1.82) is 0 Å². The minimum Gasteiger partial charge on any atom is -0.384 e. The summed E-state index contributed by atoms with van der Waals surface area (Å²) in [6, 6.07) is 4.37. The molecule has 0 saturated heterocycles. The average molecular weight is 346 g/mol. The predicted octanol–water partition coefficient (Wildman–Crippen LogP) is 3.88. The molecule has 1 aliphatic carbocycles. The van der Waals surface area contributed by atoms with Crippen LogP contribution in [0.4, 0.5) is 0 Å². The molecule has 1 saturated carbocycles. The van der Waals surface area contributed by atoms with E-state index in [-0.39, 0.29) is 0 Å². The molecule has 1 unspecified atom stereocenters. The first-order valence-corrected chi connectivity index (χ1v) is 9.99. The van der Waals surface area contributed by atoms with Crippen LogP contribution < -0.4 is 0 Å². The molecule has 3 heterocycles. The zero-order valence-electron chi connectivity index (χ0n) is 14.5. The maximum atomic E-state index is 5.49. The molecule has 4 rings (SSSR count). The van der Waals surface area contributed by atoms with E-state index in [1.165, 1.54) is 41.8 Å². The monoisotopic (exact) mass is 345 g/mol. The molecule has 1 aliphatic heterocycles. The van der Waals surface area contributed by atoms with Crippen LogP contribution in [-0.2, 0) is 24.4 Å². The van der Waals surface area contributed by atoms with Crippen molar-refractivity contribution < 1.29 is 4.74 Å². The van der Waals surface area contributed by atoms with Crippen molar-refractivity contribution in [3.8, 4) is 0 Å². The smallest absolute Gasteiger partial charge is 0.0736 e. The van der Waals surface area contributed by atoms with Crippen molar-refractivity contribution in [2.24, 2.45) is 5.92 Å². The zero-order valence-corrected chi connectivity index (χ0v) is 15.3. The first-order chi connectivity index (χ1) is 11.8. The second-order valence-electron chi connectivity index (χ2n) is 7.31. The maximum absolute atomic E-state index is 5.49. The van der Waals surface area contributed by atoms with E-state index in [1.807, 2.05) is 11.3 Å². The lowest BCUT2D eigenvalue weighted by molar-refractivity contribution is 0.135. The van der Waals surface area contributed by atoms with E-state index >= 15 is 0 Å². The molecule has 1 atom stereocenters. The minimum atomic E-state index is 0.392. The Bertz CT molecular complexity index is 646. The van der Waals surface area contributed by atoms with Crippen LogP contribution in [0.3, 0.4) is 0 Å². The van der Waals surface area contributed by atoms with Crippen LogP contribution in [0.15, 0.2) is 23.7 Å². The number of aromatic nitrogens is 2. The van der Waals surface area contributed by atoms with E-state index in [9.17, 15) is 0 Å². The van der Waals surface area contributed by atoms with E-state index in [0.717, 1.165) is 38.7 Å². The average Bonchev–Trinajstić information content (AvgIpc) is 3.29. The lowest BCUT2D eigenvalue weighted by atomic mass is 9.97. The van der Waals surface area contributed by atoms with Crippen LogP contribution in [0.2, 0.25) is 0 Å². The Morgan fingerprint density at radius 3 is 2.96 bits per heavy atom. The lowest BCUT2D eigenvalue weighted by Gasteiger charge is -2.31. The van der Waals surface area contributed by atoms with Gasteiger partial charge in [-0.15, -0.1) is 11.3 Å². The first-order valence-electron chi connectivity index (χ1n) is 9.11. The highest BCUT2D eigenvalue weighted by Crippen LogP contribution is 2.31. The van der Waals surface area contributed by atoms with E-state index in [0.29, 0.717) is 5.92 Å². The van der Waals surface area contributed by atoms with Gasteiger partial charge in [-0.1, -0.05) is 18.9 Å². The molecule has 0 bridgehead atoms. The predicted molar refractivity (Wildman–Crippen MR) is 97.2 cm³/mol. The van der Waals surface area contributed by atoms with Gasteiger partial charge >= 0.3 is 0 Å². The number of hydrogen-bond acceptors (Lipinski definition) is 4. The van der Waals surface area contributed by atoms with Gasteiger partial charge in [-0.05, 0) is 30.2 Å². The summed E-state index contributed by atoms with van der Waals surface area (Å²) in [6.07, 6.45) is 7.84. The molecule has 4 nitrogen and oxygen atoms in total. The molecule has 130 valence electrons. The lowest BCUT2D eigenvalue weighted by Crippen LogP contribution is -2.34. The standard InChI is InChI=1S/C19H27N3OS/c1-23-14-17-11-21(13-18-7-4-8-24-18)10-16-12-22(20-19(16)17)9-15-5-2-3-6-15/h4,7-8,12,15,17H,2-3,5-6,9-11,13-14H2,1H3. The third kappa shape index (κ3) is 3.58. The number of methoxy groups -OCH3 is 1. The zero-order chi connectivity index (χ0) is 16.4. The van der Waals surface area contributed by atoms with Crippen LogP contribution >= 0.6 is 11.3 Å². The molecule has 24 heavy (non-hydrogen) atoms. The number of thiophene rings is 1. The topological polar surface area (TPSA) is 30.3 Å². The highest BCUT2D eigenvalue weighted by atomic mass is 32.1. The van der Waals surface area contributed by atoms with Gasteiger partial charge in [0, 0.05) is 55.8 Å². The minimum absolute atomic E-state index is 0.392. The van der Waals surface area contributed by atoms with Gasteiger partial charge in [0.05, 0.1) is 12.3 Å². The van der Waals surface area contributed by atoms with Crippen molar-refractivity contribution in [1.82, 2.24) is 14.7 Å². The number of rotatable bonds is 6. The van der Waals surface area contributed by atoms with Gasteiger partial charge in [0.2, 0.25) is 0 Å². The fourth-order valence-electron chi connectivity index (χ4n) is 4.27. The molecule has 2 aromatic rings. The second-order valence-corrected chi connectivity index (χ2v) is 8.35. The van der Waals surface area contributed by atoms with E-state index in [1.54, 1.807) is 7.11 Å². The molecule has 2 aliphatic rings. The Morgan fingerprint density at radius 1 is 1.33 bits per heavy atom. The van der Waals surface area contributed by atoms with E-state index < -0.39 is 0 Å². The number of ether oxygens (including phenoxy) is 1. The molecule has 5 heteroatoms. The molecular formula is C19H27N3OS. The molecular weight excluding hydrogens is 318 g/mol. The summed E-state index contributed by atoms with van der Waals surface area (Å²) in [7, 11) is 1.80. The Labute approximate surface area is 148 Å². The third-order valence-corrected chi connectivity index (χ3v) is 6.24. The number of nitrogens with zero attached hydrogens (tertiary/aromatic N) is 3. The van der Waals surface area contributed by atoms with Gasteiger partial charge in [0.25, 0.3) is 0 Å². The van der Waals surface area contributed by atoms with Crippen molar-refractivity contribution in [3.05, 3.63) is 39.8 Å². The van der Waals surface area contributed by atoms with Crippen LogP contribution in [0.5, 0.6) is 0 Å². The summed E-state index contributed by atoms with van der Waals surface area (Å²) in [5.41, 5.74) is 2.68. The highest BCUT2D eigenvalue weighted by Gasteiger charge is 2.29. The maximum Gasteiger partial charge on any atom is 0.0736 e. The SMILES string of the molecule is COCC1CN(Cc2cccs2)Cc2cn(CC3CCCC3)nc21. The van der Waals surface area contributed by atoms with Gasteiger partial charge in [-0.2, -0.15) is 5.10 Å².